The number of hydrogen-bond donors (Lipinski definition) is 5. The molecule has 4 aromatic rings. The van der Waals surface area contributed by atoms with E-state index in [1.807, 2.05) is 0 Å². The van der Waals surface area contributed by atoms with Crippen LogP contribution in [0, 0.1) is 11.2 Å². The molecule has 1 fully saturated rings. The first-order valence-corrected chi connectivity index (χ1v) is 14.2. The molecule has 1 aliphatic carbocycles. The van der Waals surface area contributed by atoms with E-state index in [-0.39, 0.29) is 6.54 Å². The van der Waals surface area contributed by atoms with Gasteiger partial charge in [0, 0.05) is 29.0 Å². The highest BCUT2D eigenvalue weighted by atomic mass is 19.1. The molecule has 234 valence electrons. The first-order chi connectivity index (χ1) is 21.8. The van der Waals surface area contributed by atoms with Gasteiger partial charge in [0.25, 0.3) is 5.91 Å². The lowest BCUT2D eigenvalue weighted by Gasteiger charge is -2.16. The zero-order valence-corrected chi connectivity index (χ0v) is 24.4. The molecular weight excluding hydrogens is 585 g/mol. The van der Waals surface area contributed by atoms with Crippen LogP contribution in [0.3, 0.4) is 0 Å². The number of pyridine rings is 1. The second-order valence-electron chi connectivity index (χ2n) is 10.4. The van der Waals surface area contributed by atoms with Crippen LogP contribution in [0.1, 0.15) is 19.3 Å². The number of carbonyl (C=O) groups excluding carboxylic acids is 3. The molecule has 1 heterocycles. The average Bonchev–Trinajstić information content (AvgIpc) is 3.87. The van der Waals surface area contributed by atoms with Crippen LogP contribution >= 0.6 is 0 Å². The number of methoxy groups -OCH3 is 1. The second kappa shape index (κ2) is 14.0. The van der Waals surface area contributed by atoms with Crippen LogP contribution in [0.4, 0.5) is 15.8 Å². The van der Waals surface area contributed by atoms with Crippen molar-refractivity contribution in [3.63, 3.8) is 0 Å². The summed E-state index contributed by atoms with van der Waals surface area (Å²) in [7, 11) is 1.53. The summed E-state index contributed by atoms with van der Waals surface area (Å²) in [5.41, 5.74) is 1.94. The summed E-state index contributed by atoms with van der Waals surface area (Å²) in [6.07, 6.45) is 3.05. The highest BCUT2D eigenvalue weighted by Gasteiger charge is 2.56. The largest absolute Gasteiger partial charge is 0.493 e. The molecule has 0 atom stereocenters. The predicted molar refractivity (Wildman–Crippen MR) is 163 cm³/mol. The monoisotopic (exact) mass is 617 g/mol. The number of carbonyl (C=O) groups is 3. The Hall–Kier alpha value is -5.27. The molecule has 13 heteroatoms. The Morgan fingerprint density at radius 3 is 2.20 bits per heavy atom. The molecule has 5 rings (SSSR count). The van der Waals surface area contributed by atoms with E-state index in [0.717, 1.165) is 0 Å². The van der Waals surface area contributed by atoms with Crippen molar-refractivity contribution in [1.82, 2.24) is 15.8 Å². The summed E-state index contributed by atoms with van der Waals surface area (Å²) in [5.74, 6) is 0.236. The van der Waals surface area contributed by atoms with E-state index in [1.165, 1.54) is 31.4 Å². The minimum atomic E-state index is -1.17. The summed E-state index contributed by atoms with van der Waals surface area (Å²) in [6.45, 7) is 0.834. The van der Waals surface area contributed by atoms with E-state index < -0.39 is 29.0 Å². The number of nitrogens with zero attached hydrogens (tertiary/aromatic N) is 1. The van der Waals surface area contributed by atoms with Crippen LogP contribution in [0.15, 0.2) is 72.9 Å². The highest BCUT2D eigenvalue weighted by Crippen LogP contribution is 2.47. The Labute approximate surface area is 257 Å². The first-order valence-electron chi connectivity index (χ1n) is 14.2. The lowest BCUT2D eigenvalue weighted by Crippen LogP contribution is -2.35. The van der Waals surface area contributed by atoms with E-state index in [0.29, 0.717) is 77.7 Å². The van der Waals surface area contributed by atoms with Crippen molar-refractivity contribution in [2.45, 2.75) is 19.3 Å². The molecule has 0 unspecified atom stereocenters. The molecule has 3 amide bonds. The third-order valence-electron chi connectivity index (χ3n) is 7.21. The van der Waals surface area contributed by atoms with Crippen molar-refractivity contribution in [2.24, 2.45) is 5.41 Å². The molecule has 0 saturated heterocycles. The highest BCUT2D eigenvalue weighted by molar-refractivity contribution is 6.16. The normalized spacial score (nSPS) is 13.0. The molecule has 12 nitrogen and oxygen atoms in total. The van der Waals surface area contributed by atoms with Crippen molar-refractivity contribution < 1.29 is 38.2 Å². The zero-order valence-electron chi connectivity index (χ0n) is 24.4. The molecule has 45 heavy (non-hydrogen) atoms. The van der Waals surface area contributed by atoms with Gasteiger partial charge in [-0.3, -0.25) is 24.6 Å². The molecule has 0 radical (unpaired) electrons. The van der Waals surface area contributed by atoms with Gasteiger partial charge in [-0.25, -0.2) is 9.87 Å². The van der Waals surface area contributed by atoms with Gasteiger partial charge in [0.15, 0.2) is 11.5 Å². The van der Waals surface area contributed by atoms with Crippen molar-refractivity contribution in [2.75, 3.05) is 37.4 Å². The first kappa shape index (κ1) is 31.2. The number of fused-ring (bicyclic) bond motifs is 1. The fraction of sp³-hybridized carbons (Fsp3) is 0.250. The fourth-order valence-electron chi connectivity index (χ4n) is 4.56. The molecule has 1 aromatic heterocycles. The third-order valence-corrected chi connectivity index (χ3v) is 7.21. The Balaban J connectivity index is 1.21. The summed E-state index contributed by atoms with van der Waals surface area (Å²) in [4.78, 5) is 41.4. The molecule has 0 spiro atoms. The Morgan fingerprint density at radius 1 is 0.911 bits per heavy atom. The van der Waals surface area contributed by atoms with Gasteiger partial charge in [-0.15, -0.1) is 0 Å². The molecule has 0 aliphatic heterocycles. The van der Waals surface area contributed by atoms with Gasteiger partial charge in [0.2, 0.25) is 11.8 Å². The molecule has 1 aliphatic rings. The van der Waals surface area contributed by atoms with Gasteiger partial charge >= 0.3 is 0 Å². The molecule has 3 aromatic carbocycles. The Morgan fingerprint density at radius 2 is 1.58 bits per heavy atom. The number of hydrogen-bond acceptors (Lipinski definition) is 9. The van der Waals surface area contributed by atoms with Crippen LogP contribution in [0.25, 0.3) is 10.9 Å². The number of halogens is 1. The van der Waals surface area contributed by atoms with Gasteiger partial charge in [0.1, 0.15) is 22.7 Å². The summed E-state index contributed by atoms with van der Waals surface area (Å²) in [5, 5.41) is 17.6. The van der Waals surface area contributed by atoms with Gasteiger partial charge in [-0.1, -0.05) is 0 Å². The fourth-order valence-corrected chi connectivity index (χ4v) is 4.56. The van der Waals surface area contributed by atoms with Crippen LogP contribution in [0.5, 0.6) is 23.0 Å². The number of anilines is 2. The Bertz CT molecular complexity index is 1680. The van der Waals surface area contributed by atoms with Crippen LogP contribution in [-0.4, -0.2) is 54.7 Å². The Kier molecular flexibility index (Phi) is 9.70. The standard InChI is InChI=1S/C32H32FN5O7/c1-43-27-18-25-24(17-28(27)44-16-2-14-34-19-29(39)38-42)26(11-15-35-25)45-23-9-7-22(8-10-23)37-31(41)32(12-13-32)30(40)36-21-5-3-20(33)4-6-21/h3-11,15,17-18,34,42H,2,12-14,16,19H2,1H3,(H,36,40)(H,37,41)(H,38,39). The average molecular weight is 618 g/mol. The number of rotatable bonds is 14. The predicted octanol–water partition coefficient (Wildman–Crippen LogP) is 4.40. The number of benzene rings is 3. The number of nitrogens with one attached hydrogen (secondary N) is 4. The maximum Gasteiger partial charge on any atom is 0.257 e. The lowest BCUT2D eigenvalue weighted by atomic mass is 10.0. The number of hydroxylamine groups is 1. The molecule has 1 saturated carbocycles. The smallest absolute Gasteiger partial charge is 0.257 e. The second-order valence-corrected chi connectivity index (χ2v) is 10.4. The van der Waals surface area contributed by atoms with Crippen molar-refractivity contribution in [1.29, 1.82) is 0 Å². The number of aromatic nitrogens is 1. The van der Waals surface area contributed by atoms with E-state index in [9.17, 15) is 18.8 Å². The van der Waals surface area contributed by atoms with Crippen LogP contribution in [0.2, 0.25) is 0 Å². The topological polar surface area (TPSA) is 160 Å². The number of amides is 3. The number of ether oxygens (including phenoxy) is 3. The molecule has 0 bridgehead atoms. The van der Waals surface area contributed by atoms with Crippen molar-refractivity contribution in [3.05, 3.63) is 78.7 Å². The van der Waals surface area contributed by atoms with E-state index in [4.69, 9.17) is 19.4 Å². The maximum atomic E-state index is 13.2. The quantitative estimate of drug-likeness (QED) is 0.0598. The van der Waals surface area contributed by atoms with Gasteiger partial charge in [-0.05, 0) is 86.5 Å². The van der Waals surface area contributed by atoms with Gasteiger partial charge in [-0.2, -0.15) is 0 Å². The minimum Gasteiger partial charge on any atom is -0.493 e. The van der Waals surface area contributed by atoms with Crippen LogP contribution in [-0.2, 0) is 14.4 Å². The van der Waals surface area contributed by atoms with E-state index in [1.54, 1.807) is 54.1 Å². The summed E-state index contributed by atoms with van der Waals surface area (Å²) >= 11 is 0. The summed E-state index contributed by atoms with van der Waals surface area (Å²) in [6, 6.07) is 17.4. The zero-order chi connectivity index (χ0) is 31.8. The minimum absolute atomic E-state index is 0.00764. The van der Waals surface area contributed by atoms with Gasteiger partial charge in [0.05, 0.1) is 25.8 Å². The van der Waals surface area contributed by atoms with E-state index >= 15 is 0 Å². The molecular formula is C32H32FN5O7. The van der Waals surface area contributed by atoms with Gasteiger partial charge < -0.3 is 30.2 Å². The lowest BCUT2D eigenvalue weighted by molar-refractivity contribution is -0.131. The van der Waals surface area contributed by atoms with Crippen molar-refractivity contribution >= 4 is 40.0 Å². The van der Waals surface area contributed by atoms with E-state index in [2.05, 4.69) is 20.9 Å². The van der Waals surface area contributed by atoms with Crippen molar-refractivity contribution in [3.8, 4) is 23.0 Å². The maximum absolute atomic E-state index is 13.2. The molecule has 5 N–H and O–H groups in total. The third kappa shape index (κ3) is 7.63. The SMILES string of the molecule is COc1cc2nccc(Oc3ccc(NC(=O)C4(C(=O)Nc5ccc(F)cc5)CC4)cc3)c2cc1OCCCNCC(=O)NO. The summed E-state index contributed by atoms with van der Waals surface area (Å²) < 4.78 is 30.8. The van der Waals surface area contributed by atoms with Crippen LogP contribution < -0.4 is 35.6 Å².